The molecule has 0 bridgehead atoms. The molecular weight excluding hydrogens is 247 g/mol. The van der Waals surface area contributed by atoms with Crippen molar-refractivity contribution in [2.75, 3.05) is 13.2 Å². The Labute approximate surface area is 112 Å². The van der Waals surface area contributed by atoms with Crippen molar-refractivity contribution in [3.8, 4) is 0 Å². The molecule has 1 heterocycles. The highest BCUT2D eigenvalue weighted by atomic mass is 19.1. The number of rotatable bonds is 4. The van der Waals surface area contributed by atoms with E-state index in [1.54, 1.807) is 12.1 Å². The standard InChI is InChI=1S/C14H19FN2O2/c1-14(5-2-6-19-9-14)17-8-11-4-3-10(13(16)18)7-12(11)15/h3-4,7,17H,2,5-6,8-9H2,1H3,(H2,16,18). The minimum absolute atomic E-state index is 0.118. The van der Waals surface area contributed by atoms with Gasteiger partial charge in [-0.2, -0.15) is 0 Å². The van der Waals surface area contributed by atoms with E-state index < -0.39 is 11.7 Å². The minimum atomic E-state index is -0.619. The summed E-state index contributed by atoms with van der Waals surface area (Å²) in [6, 6.07) is 4.32. The first kappa shape index (κ1) is 14.0. The van der Waals surface area contributed by atoms with E-state index in [1.807, 2.05) is 0 Å². The van der Waals surface area contributed by atoms with E-state index in [1.165, 1.54) is 6.07 Å². The summed E-state index contributed by atoms with van der Waals surface area (Å²) in [7, 11) is 0. The molecule has 0 saturated carbocycles. The van der Waals surface area contributed by atoms with Crippen molar-refractivity contribution >= 4 is 5.91 Å². The molecule has 1 amide bonds. The number of primary amides is 1. The quantitative estimate of drug-likeness (QED) is 0.869. The highest BCUT2D eigenvalue weighted by Gasteiger charge is 2.27. The Balaban J connectivity index is 2.01. The lowest BCUT2D eigenvalue weighted by molar-refractivity contribution is 0.0276. The lowest BCUT2D eigenvalue weighted by Crippen LogP contribution is -2.48. The van der Waals surface area contributed by atoms with E-state index in [0.29, 0.717) is 18.7 Å². The number of hydrogen-bond acceptors (Lipinski definition) is 3. The van der Waals surface area contributed by atoms with Crippen molar-refractivity contribution < 1.29 is 13.9 Å². The predicted molar refractivity (Wildman–Crippen MR) is 70.2 cm³/mol. The van der Waals surface area contributed by atoms with Crippen molar-refractivity contribution in [1.29, 1.82) is 0 Å². The number of carbonyl (C=O) groups is 1. The van der Waals surface area contributed by atoms with Crippen LogP contribution in [0.1, 0.15) is 35.7 Å². The largest absolute Gasteiger partial charge is 0.380 e. The van der Waals surface area contributed by atoms with E-state index in [4.69, 9.17) is 10.5 Å². The third-order valence-electron chi connectivity index (χ3n) is 3.48. The molecule has 1 atom stereocenters. The number of amides is 1. The van der Waals surface area contributed by atoms with Crippen LogP contribution in [0, 0.1) is 5.82 Å². The second-order valence-electron chi connectivity index (χ2n) is 5.24. The van der Waals surface area contributed by atoms with Crippen LogP contribution in [0.3, 0.4) is 0 Å². The third kappa shape index (κ3) is 3.52. The van der Waals surface area contributed by atoms with E-state index >= 15 is 0 Å². The van der Waals surface area contributed by atoms with Crippen LogP contribution >= 0.6 is 0 Å². The Bertz CT molecular complexity index is 471. The van der Waals surface area contributed by atoms with Crippen LogP contribution in [0.2, 0.25) is 0 Å². The van der Waals surface area contributed by atoms with Crippen LogP contribution < -0.4 is 11.1 Å². The van der Waals surface area contributed by atoms with Gasteiger partial charge in [0.25, 0.3) is 0 Å². The van der Waals surface area contributed by atoms with Gasteiger partial charge in [0.1, 0.15) is 5.82 Å². The Morgan fingerprint density at radius 3 is 2.95 bits per heavy atom. The Hall–Kier alpha value is -1.46. The zero-order valence-electron chi connectivity index (χ0n) is 11.0. The molecule has 1 fully saturated rings. The lowest BCUT2D eigenvalue weighted by Gasteiger charge is -2.34. The summed E-state index contributed by atoms with van der Waals surface area (Å²) in [5.74, 6) is -1.03. The predicted octanol–water partition coefficient (Wildman–Crippen LogP) is 1.58. The van der Waals surface area contributed by atoms with E-state index in [2.05, 4.69) is 12.2 Å². The molecule has 1 aliphatic rings. The zero-order chi connectivity index (χ0) is 13.9. The lowest BCUT2D eigenvalue weighted by atomic mass is 9.94. The maximum atomic E-state index is 13.8. The Morgan fingerprint density at radius 1 is 1.58 bits per heavy atom. The van der Waals surface area contributed by atoms with Crippen LogP contribution in [-0.4, -0.2) is 24.7 Å². The van der Waals surface area contributed by atoms with Crippen molar-refractivity contribution in [2.45, 2.75) is 31.8 Å². The molecule has 4 nitrogen and oxygen atoms in total. The Kier molecular flexibility index (Phi) is 4.17. The van der Waals surface area contributed by atoms with Crippen LogP contribution in [-0.2, 0) is 11.3 Å². The second-order valence-corrected chi connectivity index (χ2v) is 5.24. The number of nitrogens with two attached hydrogens (primary N) is 1. The normalized spacial score (nSPS) is 23.3. The van der Waals surface area contributed by atoms with E-state index in [9.17, 15) is 9.18 Å². The minimum Gasteiger partial charge on any atom is -0.380 e. The third-order valence-corrected chi connectivity index (χ3v) is 3.48. The fourth-order valence-corrected chi connectivity index (χ4v) is 2.23. The molecule has 1 unspecified atom stereocenters. The monoisotopic (exact) mass is 266 g/mol. The summed E-state index contributed by atoms with van der Waals surface area (Å²) >= 11 is 0. The Morgan fingerprint density at radius 2 is 2.37 bits per heavy atom. The summed E-state index contributed by atoms with van der Waals surface area (Å²) in [6.45, 7) is 3.90. The highest BCUT2D eigenvalue weighted by molar-refractivity contribution is 5.92. The number of benzene rings is 1. The molecule has 0 aromatic heterocycles. The number of carbonyl (C=O) groups excluding carboxylic acids is 1. The van der Waals surface area contributed by atoms with Crippen LogP contribution in [0.15, 0.2) is 18.2 Å². The first-order chi connectivity index (χ1) is 9.00. The van der Waals surface area contributed by atoms with Crippen LogP contribution in [0.4, 0.5) is 4.39 Å². The number of ether oxygens (including phenoxy) is 1. The smallest absolute Gasteiger partial charge is 0.248 e. The molecule has 1 aliphatic heterocycles. The van der Waals surface area contributed by atoms with Gasteiger partial charge in [0.15, 0.2) is 0 Å². The topological polar surface area (TPSA) is 64.3 Å². The molecule has 0 radical (unpaired) electrons. The molecule has 1 aromatic rings. The van der Waals surface area contributed by atoms with Gasteiger partial charge >= 0.3 is 0 Å². The summed E-state index contributed by atoms with van der Waals surface area (Å²) < 4.78 is 19.2. The molecule has 0 spiro atoms. The fourth-order valence-electron chi connectivity index (χ4n) is 2.23. The molecule has 5 heteroatoms. The summed E-state index contributed by atoms with van der Waals surface area (Å²) in [5.41, 5.74) is 5.70. The average Bonchev–Trinajstić information content (AvgIpc) is 2.38. The zero-order valence-corrected chi connectivity index (χ0v) is 11.0. The van der Waals surface area contributed by atoms with Gasteiger partial charge in [0.05, 0.1) is 6.61 Å². The van der Waals surface area contributed by atoms with Gasteiger partial charge in [0, 0.05) is 29.8 Å². The van der Waals surface area contributed by atoms with Gasteiger partial charge in [0.2, 0.25) is 5.91 Å². The molecule has 1 aromatic carbocycles. The van der Waals surface area contributed by atoms with Crippen molar-refractivity contribution in [3.63, 3.8) is 0 Å². The second kappa shape index (κ2) is 5.67. The molecule has 104 valence electrons. The molecule has 19 heavy (non-hydrogen) atoms. The highest BCUT2D eigenvalue weighted by Crippen LogP contribution is 2.19. The van der Waals surface area contributed by atoms with Crippen molar-refractivity contribution in [3.05, 3.63) is 35.1 Å². The van der Waals surface area contributed by atoms with Gasteiger partial charge < -0.3 is 15.8 Å². The summed E-state index contributed by atoms with van der Waals surface area (Å²) in [4.78, 5) is 10.9. The average molecular weight is 266 g/mol. The van der Waals surface area contributed by atoms with E-state index in [-0.39, 0.29) is 11.1 Å². The fraction of sp³-hybridized carbons (Fsp3) is 0.500. The van der Waals surface area contributed by atoms with E-state index in [0.717, 1.165) is 19.4 Å². The van der Waals surface area contributed by atoms with Gasteiger partial charge in [-0.25, -0.2) is 4.39 Å². The van der Waals surface area contributed by atoms with Crippen LogP contribution in [0.25, 0.3) is 0 Å². The maximum absolute atomic E-state index is 13.8. The van der Waals surface area contributed by atoms with Gasteiger partial charge in [-0.05, 0) is 31.9 Å². The maximum Gasteiger partial charge on any atom is 0.248 e. The SMILES string of the molecule is CC1(NCc2ccc(C(N)=O)cc2F)CCCOC1. The first-order valence-corrected chi connectivity index (χ1v) is 6.41. The number of hydrogen-bond donors (Lipinski definition) is 2. The molecular formula is C14H19FN2O2. The van der Waals surface area contributed by atoms with Crippen molar-refractivity contribution in [1.82, 2.24) is 5.32 Å². The summed E-state index contributed by atoms with van der Waals surface area (Å²) in [6.07, 6.45) is 2.01. The van der Waals surface area contributed by atoms with Gasteiger partial charge in [-0.3, -0.25) is 4.79 Å². The molecule has 1 saturated heterocycles. The summed E-state index contributed by atoms with van der Waals surface area (Å²) in [5, 5.41) is 3.32. The van der Waals surface area contributed by atoms with Gasteiger partial charge in [-0.15, -0.1) is 0 Å². The van der Waals surface area contributed by atoms with Crippen molar-refractivity contribution in [2.24, 2.45) is 5.73 Å². The van der Waals surface area contributed by atoms with Crippen LogP contribution in [0.5, 0.6) is 0 Å². The molecule has 0 aliphatic carbocycles. The van der Waals surface area contributed by atoms with Gasteiger partial charge in [-0.1, -0.05) is 6.07 Å². The first-order valence-electron chi connectivity index (χ1n) is 6.41. The molecule has 3 N–H and O–H groups in total. The molecule has 2 rings (SSSR count). The number of halogens is 1. The number of nitrogens with one attached hydrogen (secondary N) is 1.